The fourth-order valence-electron chi connectivity index (χ4n) is 3.75. The molecule has 0 bridgehead atoms. The number of carbonyl (C=O) groups excluding carboxylic acids is 2. The maximum Gasteiger partial charge on any atom is 0.320 e. The number of hydrogen-bond donors (Lipinski definition) is 2. The number of amides is 3. The number of benzene rings is 1. The summed E-state index contributed by atoms with van der Waals surface area (Å²) in [7, 11) is 3.19. The zero-order valence-corrected chi connectivity index (χ0v) is 17.2. The van der Waals surface area contributed by atoms with E-state index in [4.69, 9.17) is 9.47 Å². The van der Waals surface area contributed by atoms with Crippen molar-refractivity contribution in [2.24, 2.45) is 0 Å². The molecule has 160 valence electrons. The number of aromatic nitrogens is 2. The molecular formula is C20H26N6O4. The van der Waals surface area contributed by atoms with Crippen LogP contribution in [0.3, 0.4) is 0 Å². The molecule has 0 radical (unpaired) electrons. The molecule has 0 spiro atoms. The highest BCUT2D eigenvalue weighted by atomic mass is 16.5. The van der Waals surface area contributed by atoms with E-state index < -0.39 is 0 Å². The Morgan fingerprint density at radius 3 is 2.67 bits per heavy atom. The first kappa shape index (κ1) is 20.2. The lowest BCUT2D eigenvalue weighted by Crippen LogP contribution is -2.40. The fourth-order valence-corrected chi connectivity index (χ4v) is 3.75. The Bertz CT molecular complexity index is 937. The van der Waals surface area contributed by atoms with Gasteiger partial charge >= 0.3 is 6.03 Å². The van der Waals surface area contributed by atoms with Gasteiger partial charge in [-0.2, -0.15) is 5.10 Å². The molecule has 3 amide bonds. The standard InChI is InChI=1S/C20H26N6O4/c1-21-20(28)22-17-12-18-25(3-4-26(18)23-17)16-10-14(13-29-2)9-15(11-16)19(27)24-5-7-30-8-6-24/h9-12H,3-8,13H2,1-2H3,(H2,21,22,23,28). The first-order chi connectivity index (χ1) is 14.6. The number of ether oxygens (including phenoxy) is 2. The van der Waals surface area contributed by atoms with Gasteiger partial charge in [-0.15, -0.1) is 0 Å². The number of methoxy groups -OCH3 is 1. The third-order valence-corrected chi connectivity index (χ3v) is 5.18. The monoisotopic (exact) mass is 414 g/mol. The number of fused-ring (bicyclic) bond motifs is 1. The number of anilines is 3. The number of nitrogens with one attached hydrogen (secondary N) is 2. The highest BCUT2D eigenvalue weighted by molar-refractivity contribution is 5.96. The van der Waals surface area contributed by atoms with E-state index in [0.717, 1.165) is 23.6 Å². The third-order valence-electron chi connectivity index (χ3n) is 5.18. The van der Waals surface area contributed by atoms with Crippen molar-refractivity contribution in [3.8, 4) is 0 Å². The van der Waals surface area contributed by atoms with E-state index in [2.05, 4.69) is 20.6 Å². The Morgan fingerprint density at radius 1 is 1.13 bits per heavy atom. The molecule has 1 aromatic carbocycles. The highest BCUT2D eigenvalue weighted by Gasteiger charge is 2.26. The van der Waals surface area contributed by atoms with E-state index in [-0.39, 0.29) is 11.9 Å². The number of hydrogen-bond acceptors (Lipinski definition) is 6. The first-order valence-corrected chi connectivity index (χ1v) is 9.93. The molecule has 0 saturated carbocycles. The molecule has 10 heteroatoms. The van der Waals surface area contributed by atoms with Crippen LogP contribution < -0.4 is 15.5 Å². The number of carbonyl (C=O) groups is 2. The van der Waals surface area contributed by atoms with Gasteiger partial charge in [-0.3, -0.25) is 10.1 Å². The lowest BCUT2D eigenvalue weighted by Gasteiger charge is -2.27. The summed E-state index contributed by atoms with van der Waals surface area (Å²) in [5.74, 6) is 1.33. The van der Waals surface area contributed by atoms with Gasteiger partial charge < -0.3 is 24.6 Å². The van der Waals surface area contributed by atoms with Crippen LogP contribution in [0.4, 0.5) is 22.1 Å². The average molecular weight is 414 g/mol. The first-order valence-electron chi connectivity index (χ1n) is 9.93. The number of morpholine rings is 1. The number of urea groups is 1. The van der Waals surface area contributed by atoms with Crippen LogP contribution in [0.1, 0.15) is 15.9 Å². The van der Waals surface area contributed by atoms with Crippen molar-refractivity contribution >= 4 is 29.3 Å². The molecule has 0 unspecified atom stereocenters. The lowest BCUT2D eigenvalue weighted by molar-refractivity contribution is 0.0302. The summed E-state index contributed by atoms with van der Waals surface area (Å²) in [6.07, 6.45) is 0. The van der Waals surface area contributed by atoms with Gasteiger partial charge in [0.05, 0.1) is 26.4 Å². The zero-order chi connectivity index (χ0) is 21.1. The van der Waals surface area contributed by atoms with Gasteiger partial charge in [0.25, 0.3) is 5.91 Å². The van der Waals surface area contributed by atoms with Gasteiger partial charge in [0.2, 0.25) is 0 Å². The second kappa shape index (κ2) is 8.72. The van der Waals surface area contributed by atoms with Crippen molar-refractivity contribution in [1.82, 2.24) is 20.0 Å². The fraction of sp³-hybridized carbons (Fsp3) is 0.450. The molecular weight excluding hydrogens is 388 g/mol. The molecule has 2 aromatic rings. The van der Waals surface area contributed by atoms with Crippen molar-refractivity contribution in [3.05, 3.63) is 35.4 Å². The van der Waals surface area contributed by atoms with Gasteiger partial charge in [-0.25, -0.2) is 9.48 Å². The summed E-state index contributed by atoms with van der Waals surface area (Å²) in [4.78, 5) is 28.6. The predicted molar refractivity (Wildman–Crippen MR) is 111 cm³/mol. The summed E-state index contributed by atoms with van der Waals surface area (Å²) < 4.78 is 12.5. The molecule has 1 fully saturated rings. The third kappa shape index (κ3) is 4.10. The van der Waals surface area contributed by atoms with E-state index in [0.29, 0.717) is 50.8 Å². The maximum atomic E-state index is 13.1. The Labute approximate surface area is 174 Å². The molecule has 3 heterocycles. The van der Waals surface area contributed by atoms with Crippen molar-refractivity contribution in [2.75, 3.05) is 57.2 Å². The molecule has 2 aliphatic heterocycles. The summed E-state index contributed by atoms with van der Waals surface area (Å²) in [6, 6.07) is 7.32. The molecule has 30 heavy (non-hydrogen) atoms. The quantitative estimate of drug-likeness (QED) is 0.767. The van der Waals surface area contributed by atoms with Crippen LogP contribution in [0.15, 0.2) is 24.3 Å². The van der Waals surface area contributed by atoms with Crippen LogP contribution in [0.5, 0.6) is 0 Å². The highest BCUT2D eigenvalue weighted by Crippen LogP contribution is 2.33. The van der Waals surface area contributed by atoms with Crippen LogP contribution in [0.25, 0.3) is 0 Å². The topological polar surface area (TPSA) is 101 Å². The van der Waals surface area contributed by atoms with Crippen LogP contribution in [0, 0.1) is 0 Å². The summed E-state index contributed by atoms with van der Waals surface area (Å²) in [5, 5.41) is 9.65. The summed E-state index contributed by atoms with van der Waals surface area (Å²) in [5.41, 5.74) is 2.45. The van der Waals surface area contributed by atoms with E-state index in [1.54, 1.807) is 14.2 Å². The van der Waals surface area contributed by atoms with Crippen LogP contribution in [0.2, 0.25) is 0 Å². The molecule has 1 saturated heterocycles. The van der Waals surface area contributed by atoms with Crippen LogP contribution >= 0.6 is 0 Å². The predicted octanol–water partition coefficient (Wildman–Crippen LogP) is 1.40. The molecule has 4 rings (SSSR count). The van der Waals surface area contributed by atoms with Crippen molar-refractivity contribution in [2.45, 2.75) is 13.2 Å². The van der Waals surface area contributed by atoms with Crippen LogP contribution in [-0.4, -0.2) is 73.6 Å². The second-order valence-corrected chi connectivity index (χ2v) is 7.19. The summed E-state index contributed by atoms with van der Waals surface area (Å²) >= 11 is 0. The Morgan fingerprint density at radius 2 is 1.93 bits per heavy atom. The molecule has 2 N–H and O–H groups in total. The molecule has 2 aliphatic rings. The van der Waals surface area contributed by atoms with Gasteiger partial charge in [0.15, 0.2) is 5.82 Å². The van der Waals surface area contributed by atoms with Crippen molar-refractivity contribution in [3.63, 3.8) is 0 Å². The SMILES string of the molecule is CNC(=O)Nc1cc2n(n1)CCN2c1cc(COC)cc(C(=O)N2CCOCC2)c1. The molecule has 0 aliphatic carbocycles. The maximum absolute atomic E-state index is 13.1. The van der Waals surface area contributed by atoms with Crippen LogP contribution in [-0.2, 0) is 22.6 Å². The smallest absolute Gasteiger partial charge is 0.320 e. The minimum Gasteiger partial charge on any atom is -0.380 e. The Hall–Kier alpha value is -3.11. The zero-order valence-electron chi connectivity index (χ0n) is 17.2. The Balaban J connectivity index is 1.63. The second-order valence-electron chi connectivity index (χ2n) is 7.19. The average Bonchev–Trinajstić information content (AvgIpc) is 3.34. The van der Waals surface area contributed by atoms with E-state index >= 15 is 0 Å². The van der Waals surface area contributed by atoms with E-state index in [9.17, 15) is 9.59 Å². The minimum atomic E-state index is -0.321. The molecule has 1 aromatic heterocycles. The lowest BCUT2D eigenvalue weighted by atomic mass is 10.1. The minimum absolute atomic E-state index is 0.00724. The molecule has 10 nitrogen and oxygen atoms in total. The normalized spacial score (nSPS) is 15.8. The van der Waals surface area contributed by atoms with Crippen molar-refractivity contribution < 1.29 is 19.1 Å². The van der Waals surface area contributed by atoms with Crippen molar-refractivity contribution in [1.29, 1.82) is 0 Å². The number of rotatable bonds is 5. The number of nitrogens with zero attached hydrogens (tertiary/aromatic N) is 4. The van der Waals surface area contributed by atoms with E-state index in [1.165, 1.54) is 0 Å². The van der Waals surface area contributed by atoms with Gasteiger partial charge in [-0.05, 0) is 23.8 Å². The van der Waals surface area contributed by atoms with E-state index in [1.807, 2.05) is 33.8 Å². The molecule has 0 atom stereocenters. The van der Waals surface area contributed by atoms with Gasteiger partial charge in [-0.1, -0.05) is 0 Å². The van der Waals surface area contributed by atoms with Gasteiger partial charge in [0.1, 0.15) is 5.82 Å². The Kier molecular flexibility index (Phi) is 5.86. The largest absolute Gasteiger partial charge is 0.380 e. The van der Waals surface area contributed by atoms with Gasteiger partial charge in [0, 0.05) is 51.1 Å². The summed E-state index contributed by atoms with van der Waals surface area (Å²) in [6.45, 7) is 4.12.